The molecule has 2 aliphatic rings. The zero-order chi connectivity index (χ0) is 26.4. The molecule has 4 aromatic rings. The molecular formula is C30H39N7O. The van der Waals surface area contributed by atoms with Crippen LogP contribution >= 0.6 is 0 Å². The summed E-state index contributed by atoms with van der Waals surface area (Å²) in [6, 6.07) is 6.32. The van der Waals surface area contributed by atoms with Crippen molar-refractivity contribution in [2.45, 2.75) is 39.8 Å². The molecule has 0 saturated carbocycles. The number of likely N-dealkylation sites (tertiary alicyclic amines) is 1. The summed E-state index contributed by atoms with van der Waals surface area (Å²) in [6.45, 7) is 11.5. The van der Waals surface area contributed by atoms with Gasteiger partial charge in [-0.15, -0.1) is 0 Å². The number of hydrogen-bond acceptors (Lipinski definition) is 6. The Kier molecular flexibility index (Phi) is 6.48. The fraction of sp³-hybridized carbons (Fsp3) is 0.500. The van der Waals surface area contributed by atoms with Crippen molar-refractivity contribution >= 4 is 22.1 Å². The average Bonchev–Trinajstić information content (AvgIpc) is 3.26. The minimum atomic E-state index is -0.0204. The van der Waals surface area contributed by atoms with Crippen molar-refractivity contribution in [1.82, 2.24) is 28.7 Å². The van der Waals surface area contributed by atoms with Crippen molar-refractivity contribution in [1.29, 1.82) is 0 Å². The minimum absolute atomic E-state index is 0.0204. The van der Waals surface area contributed by atoms with Gasteiger partial charge in [-0.05, 0) is 63.1 Å². The third kappa shape index (κ3) is 5.07. The summed E-state index contributed by atoms with van der Waals surface area (Å²) in [7, 11) is 4.23. The van der Waals surface area contributed by atoms with Crippen molar-refractivity contribution in [2.75, 3.05) is 51.7 Å². The summed E-state index contributed by atoms with van der Waals surface area (Å²) < 4.78 is 3.84. The van der Waals surface area contributed by atoms with Crippen LogP contribution in [0.5, 0.6) is 0 Å². The third-order valence-corrected chi connectivity index (χ3v) is 8.31. The molecule has 4 aromatic heterocycles. The lowest BCUT2D eigenvalue weighted by molar-refractivity contribution is 0.127. The van der Waals surface area contributed by atoms with E-state index in [4.69, 9.17) is 4.98 Å². The number of aromatic nitrogens is 4. The topological polar surface area (TPSA) is 61.9 Å². The molecule has 0 radical (unpaired) electrons. The predicted octanol–water partition coefficient (Wildman–Crippen LogP) is 3.71. The molecule has 8 nitrogen and oxygen atoms in total. The van der Waals surface area contributed by atoms with Crippen molar-refractivity contribution < 1.29 is 0 Å². The summed E-state index contributed by atoms with van der Waals surface area (Å²) in [6.07, 6.45) is 12.2. The summed E-state index contributed by atoms with van der Waals surface area (Å²) in [5.41, 5.74) is 4.57. The Bertz CT molecular complexity index is 1500. The van der Waals surface area contributed by atoms with Gasteiger partial charge >= 0.3 is 0 Å². The summed E-state index contributed by atoms with van der Waals surface area (Å²) in [5, 5.41) is 1.64. The Morgan fingerprint density at radius 1 is 1.00 bits per heavy atom. The highest BCUT2D eigenvalue weighted by atomic mass is 16.1. The van der Waals surface area contributed by atoms with Crippen LogP contribution < -0.4 is 10.5 Å². The molecule has 2 aliphatic heterocycles. The van der Waals surface area contributed by atoms with Crippen LogP contribution in [-0.2, 0) is 13.1 Å². The molecule has 0 amide bonds. The minimum Gasteiger partial charge on any atom is -0.369 e. The number of nitrogens with zero attached hydrogens (tertiary/aromatic N) is 7. The predicted molar refractivity (Wildman–Crippen MR) is 153 cm³/mol. The van der Waals surface area contributed by atoms with Gasteiger partial charge < -0.3 is 18.8 Å². The van der Waals surface area contributed by atoms with Gasteiger partial charge in [0.15, 0.2) is 0 Å². The Hall–Kier alpha value is -3.23. The number of imidazole rings is 1. The highest BCUT2D eigenvalue weighted by Gasteiger charge is 2.29. The van der Waals surface area contributed by atoms with Gasteiger partial charge in [0.2, 0.25) is 0 Å². The van der Waals surface area contributed by atoms with E-state index in [-0.39, 0.29) is 5.56 Å². The SMILES string of the molecule is CN(C)CC1CN(c2cncc3c(=O)n(Cc4cn5cc(CN6CCC(C)(C)CC6)ccc5n4)ccc23)C1. The number of hydrogen-bond donors (Lipinski definition) is 0. The molecule has 0 aromatic carbocycles. The van der Waals surface area contributed by atoms with Crippen LogP contribution in [0.1, 0.15) is 37.9 Å². The second-order valence-electron chi connectivity index (χ2n) is 12.4. The van der Waals surface area contributed by atoms with E-state index in [0.717, 1.165) is 61.7 Å². The lowest BCUT2D eigenvalue weighted by atomic mass is 9.82. The standard InChI is InChI=1S/C30H39N7O/c1-30(2)8-11-34(12-9-30)16-22-5-6-28-32-24(21-37(28)17-22)20-35-10-7-25-26(29(35)38)13-31-14-27(25)36-18-23(19-36)15-33(3)4/h5-7,10,13-14,17,21,23H,8-9,11-12,15-16,18-20H2,1-4H3. The van der Waals surface area contributed by atoms with Crippen LogP contribution in [0.3, 0.4) is 0 Å². The van der Waals surface area contributed by atoms with Crippen molar-refractivity contribution in [2.24, 2.45) is 11.3 Å². The van der Waals surface area contributed by atoms with Crippen molar-refractivity contribution in [3.8, 4) is 0 Å². The van der Waals surface area contributed by atoms with Gasteiger partial charge in [-0.25, -0.2) is 4.98 Å². The molecule has 0 unspecified atom stereocenters. The van der Waals surface area contributed by atoms with Crippen LogP contribution in [0.15, 0.2) is 54.0 Å². The Balaban J connectivity index is 1.18. The van der Waals surface area contributed by atoms with Gasteiger partial charge in [0.25, 0.3) is 5.56 Å². The third-order valence-electron chi connectivity index (χ3n) is 8.31. The van der Waals surface area contributed by atoms with Gasteiger partial charge in [-0.2, -0.15) is 0 Å². The highest BCUT2D eigenvalue weighted by Crippen LogP contribution is 2.31. The summed E-state index contributed by atoms with van der Waals surface area (Å²) in [4.78, 5) is 29.7. The molecule has 0 aliphatic carbocycles. The van der Waals surface area contributed by atoms with Crippen molar-refractivity contribution in [3.63, 3.8) is 0 Å². The first-order chi connectivity index (χ1) is 18.2. The number of piperidine rings is 1. The summed E-state index contributed by atoms with van der Waals surface area (Å²) >= 11 is 0. The molecule has 0 N–H and O–H groups in total. The van der Waals surface area contributed by atoms with E-state index in [1.807, 2.05) is 12.4 Å². The van der Waals surface area contributed by atoms with Crippen LogP contribution in [0.4, 0.5) is 5.69 Å². The van der Waals surface area contributed by atoms with E-state index >= 15 is 0 Å². The maximum absolute atomic E-state index is 13.4. The number of fused-ring (bicyclic) bond motifs is 2. The van der Waals surface area contributed by atoms with E-state index in [1.165, 1.54) is 18.4 Å². The lowest BCUT2D eigenvalue weighted by Gasteiger charge is -2.42. The molecule has 8 heteroatoms. The normalized spacial score (nSPS) is 18.5. The molecule has 2 saturated heterocycles. The van der Waals surface area contributed by atoms with E-state index in [2.05, 4.69) is 82.6 Å². The van der Waals surface area contributed by atoms with Gasteiger partial charge in [0.1, 0.15) is 5.65 Å². The molecule has 0 atom stereocenters. The van der Waals surface area contributed by atoms with Gasteiger partial charge in [-0.1, -0.05) is 19.9 Å². The Morgan fingerprint density at radius 3 is 2.55 bits per heavy atom. The van der Waals surface area contributed by atoms with Gasteiger partial charge in [0.05, 0.1) is 29.5 Å². The quantitative estimate of drug-likeness (QED) is 0.376. The molecule has 6 heterocycles. The van der Waals surface area contributed by atoms with Crippen LogP contribution in [0.2, 0.25) is 0 Å². The second-order valence-corrected chi connectivity index (χ2v) is 12.4. The zero-order valence-corrected chi connectivity index (χ0v) is 23.1. The summed E-state index contributed by atoms with van der Waals surface area (Å²) in [5.74, 6) is 0.656. The molecular weight excluding hydrogens is 474 g/mol. The Morgan fingerprint density at radius 2 is 1.79 bits per heavy atom. The molecule has 200 valence electrons. The van der Waals surface area contributed by atoms with Crippen LogP contribution in [0.25, 0.3) is 16.4 Å². The van der Waals surface area contributed by atoms with E-state index in [9.17, 15) is 4.79 Å². The fourth-order valence-electron chi connectivity index (χ4n) is 5.98. The monoisotopic (exact) mass is 513 g/mol. The Labute approximate surface area is 224 Å². The van der Waals surface area contributed by atoms with E-state index in [0.29, 0.717) is 23.3 Å². The van der Waals surface area contributed by atoms with Crippen LogP contribution in [-0.4, -0.2) is 75.6 Å². The molecule has 6 rings (SSSR count). The van der Waals surface area contributed by atoms with E-state index < -0.39 is 0 Å². The van der Waals surface area contributed by atoms with Gasteiger partial charge in [-0.3, -0.25) is 14.7 Å². The zero-order valence-electron chi connectivity index (χ0n) is 23.1. The number of anilines is 1. The maximum atomic E-state index is 13.4. The first-order valence-corrected chi connectivity index (χ1v) is 13.8. The maximum Gasteiger partial charge on any atom is 0.260 e. The van der Waals surface area contributed by atoms with Crippen LogP contribution in [0, 0.1) is 11.3 Å². The lowest BCUT2D eigenvalue weighted by Crippen LogP contribution is -2.50. The first kappa shape index (κ1) is 25.1. The molecule has 2 fully saturated rings. The molecule has 0 spiro atoms. The largest absolute Gasteiger partial charge is 0.369 e. The highest BCUT2D eigenvalue weighted by molar-refractivity contribution is 5.93. The number of rotatable bonds is 7. The van der Waals surface area contributed by atoms with E-state index in [1.54, 1.807) is 10.8 Å². The van der Waals surface area contributed by atoms with Gasteiger partial charge in [0, 0.05) is 62.3 Å². The molecule has 38 heavy (non-hydrogen) atoms. The average molecular weight is 514 g/mol. The molecule has 0 bridgehead atoms. The first-order valence-electron chi connectivity index (χ1n) is 13.8. The fourth-order valence-corrected chi connectivity index (χ4v) is 5.98. The number of pyridine rings is 3. The smallest absolute Gasteiger partial charge is 0.260 e. The van der Waals surface area contributed by atoms with Crippen molar-refractivity contribution in [3.05, 3.63) is 70.8 Å². The second kappa shape index (κ2) is 9.82.